The summed E-state index contributed by atoms with van der Waals surface area (Å²) in [5, 5.41) is 3.38. The molecule has 0 amide bonds. The van der Waals surface area contributed by atoms with Crippen LogP contribution in [0.3, 0.4) is 0 Å². The Morgan fingerprint density at radius 3 is 2.94 bits per heavy atom. The molecule has 1 aromatic rings. The van der Waals surface area contributed by atoms with Gasteiger partial charge in [-0.1, -0.05) is 41.8 Å². The largest absolute Gasteiger partial charge is 0.383 e. The van der Waals surface area contributed by atoms with E-state index in [1.807, 2.05) is 12.1 Å². The van der Waals surface area contributed by atoms with Crippen LogP contribution in [-0.2, 0) is 4.74 Å². The van der Waals surface area contributed by atoms with Crippen molar-refractivity contribution in [3.8, 4) is 0 Å². The quantitative estimate of drug-likeness (QED) is 0.811. The summed E-state index contributed by atoms with van der Waals surface area (Å²) in [4.78, 5) is 0. The molecule has 0 bridgehead atoms. The van der Waals surface area contributed by atoms with E-state index in [2.05, 4.69) is 40.3 Å². The average Bonchev–Trinajstić information content (AvgIpc) is 2.37. The van der Waals surface area contributed by atoms with Crippen LogP contribution in [-0.4, -0.2) is 19.3 Å². The van der Waals surface area contributed by atoms with Crippen LogP contribution in [0.25, 0.3) is 0 Å². The summed E-state index contributed by atoms with van der Waals surface area (Å²) < 4.78 is 7.08. The second kappa shape index (κ2) is 7.15. The van der Waals surface area contributed by atoms with Crippen LogP contribution in [0.15, 0.2) is 28.7 Å². The second-order valence-corrected chi connectivity index (χ2v) is 6.02. The summed E-state index contributed by atoms with van der Waals surface area (Å²) in [7, 11) is 0. The van der Waals surface area contributed by atoms with E-state index >= 15 is 0 Å². The van der Waals surface area contributed by atoms with E-state index in [4.69, 9.17) is 4.74 Å². The second-order valence-electron chi connectivity index (χ2n) is 5.11. The van der Waals surface area contributed by atoms with E-state index in [1.54, 1.807) is 0 Å². The van der Waals surface area contributed by atoms with Gasteiger partial charge in [-0.05, 0) is 37.0 Å². The molecule has 0 radical (unpaired) electrons. The molecule has 1 N–H and O–H groups in total. The number of hydrogen-bond donors (Lipinski definition) is 1. The molecule has 2 rings (SSSR count). The predicted molar refractivity (Wildman–Crippen MR) is 80.0 cm³/mol. The Hall–Kier alpha value is -0.540. The first kappa shape index (κ1) is 13.9. The number of anilines is 1. The third-order valence-corrected chi connectivity index (χ3v) is 4.11. The van der Waals surface area contributed by atoms with E-state index < -0.39 is 0 Å². The van der Waals surface area contributed by atoms with Crippen LogP contribution in [0.5, 0.6) is 0 Å². The minimum atomic E-state index is 0.475. The average molecular weight is 312 g/mol. The summed E-state index contributed by atoms with van der Waals surface area (Å²) in [5.41, 5.74) is 1.14. The lowest BCUT2D eigenvalue weighted by Gasteiger charge is -2.28. The molecule has 2 atom stereocenters. The van der Waals surface area contributed by atoms with E-state index in [0.717, 1.165) is 29.2 Å². The van der Waals surface area contributed by atoms with Gasteiger partial charge in [0, 0.05) is 16.7 Å². The van der Waals surface area contributed by atoms with Gasteiger partial charge in [-0.2, -0.15) is 0 Å². The van der Waals surface area contributed by atoms with Crippen LogP contribution < -0.4 is 5.32 Å². The Kier molecular flexibility index (Phi) is 5.51. The van der Waals surface area contributed by atoms with Gasteiger partial charge >= 0.3 is 0 Å². The van der Waals surface area contributed by atoms with Crippen molar-refractivity contribution in [1.29, 1.82) is 0 Å². The third-order valence-electron chi connectivity index (χ3n) is 3.62. The maximum absolute atomic E-state index is 5.97. The van der Waals surface area contributed by atoms with Crippen molar-refractivity contribution in [3.05, 3.63) is 28.7 Å². The lowest BCUT2D eigenvalue weighted by Crippen LogP contribution is -2.27. The van der Waals surface area contributed by atoms with Gasteiger partial charge in [-0.15, -0.1) is 0 Å². The van der Waals surface area contributed by atoms with Crippen molar-refractivity contribution in [2.24, 2.45) is 5.92 Å². The Bertz CT molecular complexity index is 369. The molecule has 0 aromatic heterocycles. The lowest BCUT2D eigenvalue weighted by molar-refractivity contribution is 0.000393. The zero-order valence-corrected chi connectivity index (χ0v) is 12.6. The van der Waals surface area contributed by atoms with E-state index in [-0.39, 0.29) is 0 Å². The zero-order valence-electron chi connectivity index (χ0n) is 11.0. The molecular formula is C15H22BrNO. The number of ether oxygens (including phenoxy) is 1. The smallest absolute Gasteiger partial charge is 0.0642 e. The molecule has 1 saturated carbocycles. The number of nitrogens with one attached hydrogen (secondary N) is 1. The summed E-state index contributed by atoms with van der Waals surface area (Å²) >= 11 is 3.47. The molecule has 1 aliphatic rings. The van der Waals surface area contributed by atoms with E-state index in [0.29, 0.717) is 6.10 Å². The van der Waals surface area contributed by atoms with Gasteiger partial charge in [0.05, 0.1) is 12.7 Å². The molecule has 1 aromatic carbocycles. The van der Waals surface area contributed by atoms with Crippen LogP contribution in [0, 0.1) is 5.92 Å². The highest BCUT2D eigenvalue weighted by molar-refractivity contribution is 9.10. The summed E-state index contributed by atoms with van der Waals surface area (Å²) in [6.45, 7) is 3.98. The normalized spacial score (nSPS) is 23.9. The molecule has 0 spiro atoms. The predicted octanol–water partition coefficient (Wildman–Crippen LogP) is 4.46. The van der Waals surface area contributed by atoms with Crippen molar-refractivity contribution in [1.82, 2.24) is 0 Å². The molecule has 1 aliphatic carbocycles. The topological polar surface area (TPSA) is 21.3 Å². The Morgan fingerprint density at radius 1 is 1.33 bits per heavy atom. The number of hydrogen-bond acceptors (Lipinski definition) is 2. The highest BCUT2D eigenvalue weighted by Gasteiger charge is 2.21. The molecule has 2 nitrogen and oxygen atoms in total. The molecule has 18 heavy (non-hydrogen) atoms. The van der Waals surface area contributed by atoms with Crippen molar-refractivity contribution in [2.45, 2.75) is 38.7 Å². The molecule has 1 fully saturated rings. The van der Waals surface area contributed by atoms with Gasteiger partial charge in [-0.25, -0.2) is 0 Å². The van der Waals surface area contributed by atoms with Gasteiger partial charge in [0.25, 0.3) is 0 Å². The van der Waals surface area contributed by atoms with Crippen LogP contribution in [0.1, 0.15) is 32.6 Å². The first-order chi connectivity index (χ1) is 8.75. The van der Waals surface area contributed by atoms with E-state index in [1.165, 1.54) is 25.7 Å². The van der Waals surface area contributed by atoms with Gasteiger partial charge in [-0.3, -0.25) is 0 Å². The SMILES string of the molecule is CC1CCCCC1OCCNc1cccc(Br)c1. The summed E-state index contributed by atoms with van der Waals surface area (Å²) in [6.07, 6.45) is 5.73. The molecule has 0 saturated heterocycles. The first-order valence-electron chi connectivity index (χ1n) is 6.87. The van der Waals surface area contributed by atoms with Gasteiger partial charge < -0.3 is 10.1 Å². The third kappa shape index (κ3) is 4.29. The van der Waals surface area contributed by atoms with Crippen molar-refractivity contribution < 1.29 is 4.74 Å². The number of benzene rings is 1. The maximum atomic E-state index is 5.97. The first-order valence-corrected chi connectivity index (χ1v) is 7.66. The molecular weight excluding hydrogens is 290 g/mol. The highest BCUT2D eigenvalue weighted by Crippen LogP contribution is 2.26. The number of halogens is 1. The Labute approximate surface area is 118 Å². The summed E-state index contributed by atoms with van der Waals surface area (Å²) in [5.74, 6) is 0.726. The minimum absolute atomic E-state index is 0.475. The van der Waals surface area contributed by atoms with Crippen molar-refractivity contribution in [2.75, 3.05) is 18.5 Å². The van der Waals surface area contributed by atoms with Gasteiger partial charge in [0.1, 0.15) is 0 Å². The minimum Gasteiger partial charge on any atom is -0.383 e. The van der Waals surface area contributed by atoms with Crippen LogP contribution >= 0.6 is 15.9 Å². The molecule has 0 heterocycles. The maximum Gasteiger partial charge on any atom is 0.0642 e. The fraction of sp³-hybridized carbons (Fsp3) is 0.600. The molecule has 100 valence electrons. The monoisotopic (exact) mass is 311 g/mol. The molecule has 3 heteroatoms. The number of rotatable bonds is 5. The van der Waals surface area contributed by atoms with Crippen LogP contribution in [0.2, 0.25) is 0 Å². The lowest BCUT2D eigenvalue weighted by atomic mass is 9.88. The highest BCUT2D eigenvalue weighted by atomic mass is 79.9. The van der Waals surface area contributed by atoms with E-state index in [9.17, 15) is 0 Å². The fourth-order valence-electron chi connectivity index (χ4n) is 2.53. The summed E-state index contributed by atoms with van der Waals surface area (Å²) in [6, 6.07) is 8.24. The molecule has 2 unspecified atom stereocenters. The van der Waals surface area contributed by atoms with Crippen molar-refractivity contribution in [3.63, 3.8) is 0 Å². The van der Waals surface area contributed by atoms with Crippen molar-refractivity contribution >= 4 is 21.6 Å². The zero-order chi connectivity index (χ0) is 12.8. The van der Waals surface area contributed by atoms with Gasteiger partial charge in [0.2, 0.25) is 0 Å². The Balaban J connectivity index is 1.66. The Morgan fingerprint density at radius 2 is 2.17 bits per heavy atom. The fourth-order valence-corrected chi connectivity index (χ4v) is 2.93. The van der Waals surface area contributed by atoms with Gasteiger partial charge in [0.15, 0.2) is 0 Å². The standard InChI is InChI=1S/C15H22BrNO/c1-12-5-2-3-8-15(12)18-10-9-17-14-7-4-6-13(16)11-14/h4,6-7,11-12,15,17H,2-3,5,8-10H2,1H3. The molecule has 0 aliphatic heterocycles. The van der Waals surface area contributed by atoms with Crippen LogP contribution in [0.4, 0.5) is 5.69 Å².